The highest BCUT2D eigenvalue weighted by Crippen LogP contribution is 2.12. The quantitative estimate of drug-likeness (QED) is 0.676. The Morgan fingerprint density at radius 3 is 2.65 bits per heavy atom. The Kier molecular flexibility index (Phi) is 4.30. The third-order valence-electron chi connectivity index (χ3n) is 2.82. The van der Waals surface area contributed by atoms with Crippen molar-refractivity contribution in [1.82, 2.24) is 0 Å². The van der Waals surface area contributed by atoms with Crippen molar-refractivity contribution < 1.29 is 14.3 Å². The topological polar surface area (TPSA) is 67.8 Å². The second-order valence-corrected chi connectivity index (χ2v) is 4.61. The Labute approximate surface area is 117 Å². The summed E-state index contributed by atoms with van der Waals surface area (Å²) in [5, 5.41) is 4.07. The summed E-state index contributed by atoms with van der Waals surface area (Å²) in [5.41, 5.74) is 5.13. The maximum absolute atomic E-state index is 11.8. The standard InChI is InChI=1S/C15H16N2O3/c1-10-3-5-12(6-4-10)16-17-14-8-7-13(9-15(14)19)20-11(2)18/h3-8,13,16H,9H2,1-2H3. The number of Topliss-reactive ketones (excluding diaryl/α,β-unsaturated/α-hetero) is 1. The third kappa shape index (κ3) is 3.78. The van der Waals surface area contributed by atoms with Crippen LogP contribution in [0, 0.1) is 6.92 Å². The summed E-state index contributed by atoms with van der Waals surface area (Å²) in [4.78, 5) is 22.7. The SMILES string of the molecule is CC(=O)OC1C=CC(=NNc2ccc(C)cc2)C(=O)C1. The maximum atomic E-state index is 11.8. The number of aryl methyl sites for hydroxylation is 1. The first-order chi connectivity index (χ1) is 9.54. The van der Waals surface area contributed by atoms with E-state index in [-0.39, 0.29) is 12.2 Å². The molecule has 1 aromatic rings. The monoisotopic (exact) mass is 272 g/mol. The molecule has 0 aliphatic heterocycles. The fourth-order valence-corrected chi connectivity index (χ4v) is 1.79. The molecule has 0 amide bonds. The zero-order valence-electron chi connectivity index (χ0n) is 11.4. The van der Waals surface area contributed by atoms with Gasteiger partial charge >= 0.3 is 5.97 Å². The Balaban J connectivity index is 2.02. The highest BCUT2D eigenvalue weighted by Gasteiger charge is 2.22. The van der Waals surface area contributed by atoms with E-state index in [1.165, 1.54) is 6.92 Å². The first-order valence-corrected chi connectivity index (χ1v) is 6.33. The van der Waals surface area contributed by atoms with Crippen LogP contribution in [0.2, 0.25) is 0 Å². The molecule has 1 N–H and O–H groups in total. The Morgan fingerprint density at radius 1 is 1.35 bits per heavy atom. The van der Waals surface area contributed by atoms with Gasteiger partial charge in [-0.1, -0.05) is 17.7 Å². The number of hydrogen-bond donors (Lipinski definition) is 1. The third-order valence-corrected chi connectivity index (χ3v) is 2.82. The lowest BCUT2D eigenvalue weighted by atomic mass is 10.0. The molecule has 0 aromatic heterocycles. The lowest BCUT2D eigenvalue weighted by molar-refractivity contribution is -0.144. The van der Waals surface area contributed by atoms with Crippen LogP contribution in [-0.4, -0.2) is 23.6 Å². The van der Waals surface area contributed by atoms with E-state index in [4.69, 9.17) is 4.74 Å². The summed E-state index contributed by atoms with van der Waals surface area (Å²) in [6.07, 6.45) is 2.88. The number of nitrogens with zero attached hydrogens (tertiary/aromatic N) is 1. The van der Waals surface area contributed by atoms with Crippen molar-refractivity contribution >= 4 is 23.2 Å². The van der Waals surface area contributed by atoms with Gasteiger partial charge in [-0.15, -0.1) is 0 Å². The van der Waals surface area contributed by atoms with Gasteiger partial charge in [0.25, 0.3) is 0 Å². The van der Waals surface area contributed by atoms with Crippen LogP contribution in [0.4, 0.5) is 5.69 Å². The predicted octanol–water partition coefficient (Wildman–Crippen LogP) is 2.22. The van der Waals surface area contributed by atoms with E-state index in [2.05, 4.69) is 10.5 Å². The van der Waals surface area contributed by atoms with Gasteiger partial charge in [-0.3, -0.25) is 15.0 Å². The Morgan fingerprint density at radius 2 is 2.05 bits per heavy atom. The molecule has 0 fully saturated rings. The minimum atomic E-state index is -0.488. The molecule has 1 aliphatic carbocycles. The van der Waals surface area contributed by atoms with Crippen LogP contribution >= 0.6 is 0 Å². The van der Waals surface area contributed by atoms with E-state index < -0.39 is 12.1 Å². The van der Waals surface area contributed by atoms with E-state index >= 15 is 0 Å². The van der Waals surface area contributed by atoms with Crippen molar-refractivity contribution in [2.45, 2.75) is 26.4 Å². The van der Waals surface area contributed by atoms with Crippen LogP contribution in [0.25, 0.3) is 0 Å². The van der Waals surface area contributed by atoms with Crippen LogP contribution in [0.1, 0.15) is 18.9 Å². The number of nitrogens with one attached hydrogen (secondary N) is 1. The zero-order chi connectivity index (χ0) is 14.5. The summed E-state index contributed by atoms with van der Waals surface area (Å²) < 4.78 is 4.96. The molecule has 2 rings (SSSR count). The summed E-state index contributed by atoms with van der Waals surface area (Å²) in [6, 6.07) is 7.69. The lowest BCUT2D eigenvalue weighted by Crippen LogP contribution is -2.27. The smallest absolute Gasteiger partial charge is 0.303 e. The molecule has 0 heterocycles. The maximum Gasteiger partial charge on any atom is 0.303 e. The number of benzene rings is 1. The van der Waals surface area contributed by atoms with Crippen LogP contribution in [0.5, 0.6) is 0 Å². The number of rotatable bonds is 3. The van der Waals surface area contributed by atoms with E-state index in [9.17, 15) is 9.59 Å². The fraction of sp³-hybridized carbons (Fsp3) is 0.267. The van der Waals surface area contributed by atoms with Crippen LogP contribution < -0.4 is 5.43 Å². The molecular formula is C15H16N2O3. The summed E-state index contributed by atoms with van der Waals surface area (Å²) >= 11 is 0. The molecular weight excluding hydrogens is 256 g/mol. The van der Waals surface area contributed by atoms with Gasteiger partial charge in [0.05, 0.1) is 12.1 Å². The van der Waals surface area contributed by atoms with Crippen molar-refractivity contribution in [3.8, 4) is 0 Å². The molecule has 5 nitrogen and oxygen atoms in total. The molecule has 1 aromatic carbocycles. The molecule has 20 heavy (non-hydrogen) atoms. The summed E-state index contributed by atoms with van der Waals surface area (Å²) in [7, 11) is 0. The van der Waals surface area contributed by atoms with E-state index in [0.717, 1.165) is 11.3 Å². The lowest BCUT2D eigenvalue weighted by Gasteiger charge is -2.16. The van der Waals surface area contributed by atoms with Crippen molar-refractivity contribution in [2.24, 2.45) is 5.10 Å². The average molecular weight is 272 g/mol. The molecule has 0 bridgehead atoms. The number of ketones is 1. The number of esters is 1. The molecule has 0 radical (unpaired) electrons. The van der Waals surface area contributed by atoms with Gasteiger partial charge in [0, 0.05) is 6.92 Å². The Bertz CT molecular complexity index is 573. The fourth-order valence-electron chi connectivity index (χ4n) is 1.79. The van der Waals surface area contributed by atoms with Crippen LogP contribution in [-0.2, 0) is 14.3 Å². The largest absolute Gasteiger partial charge is 0.458 e. The van der Waals surface area contributed by atoms with Crippen LogP contribution in [0.3, 0.4) is 0 Å². The van der Waals surface area contributed by atoms with Crippen LogP contribution in [0.15, 0.2) is 41.5 Å². The molecule has 0 saturated carbocycles. The first kappa shape index (κ1) is 14.0. The minimum absolute atomic E-state index is 0.129. The predicted molar refractivity (Wildman–Crippen MR) is 76.6 cm³/mol. The van der Waals surface area contributed by atoms with Gasteiger partial charge < -0.3 is 4.74 Å². The van der Waals surface area contributed by atoms with Crippen molar-refractivity contribution in [3.05, 3.63) is 42.0 Å². The minimum Gasteiger partial charge on any atom is -0.458 e. The molecule has 1 aliphatic rings. The molecule has 1 unspecified atom stereocenters. The van der Waals surface area contributed by atoms with Gasteiger partial charge in [-0.2, -0.15) is 5.10 Å². The van der Waals surface area contributed by atoms with Crippen molar-refractivity contribution in [3.63, 3.8) is 0 Å². The van der Waals surface area contributed by atoms with E-state index in [1.54, 1.807) is 12.2 Å². The average Bonchev–Trinajstić information content (AvgIpc) is 2.39. The van der Waals surface area contributed by atoms with Gasteiger partial charge in [-0.25, -0.2) is 0 Å². The number of carbonyl (C=O) groups is 2. The molecule has 1 atom stereocenters. The molecule has 104 valence electrons. The van der Waals surface area contributed by atoms with Gasteiger partial charge in [0.1, 0.15) is 11.8 Å². The molecule has 5 heteroatoms. The molecule has 0 saturated heterocycles. The Hall–Kier alpha value is -2.43. The number of hydrazone groups is 1. The van der Waals surface area contributed by atoms with Crippen molar-refractivity contribution in [1.29, 1.82) is 0 Å². The summed E-state index contributed by atoms with van der Waals surface area (Å²) in [5.74, 6) is -0.552. The highest BCUT2D eigenvalue weighted by atomic mass is 16.5. The van der Waals surface area contributed by atoms with Gasteiger partial charge in [0.2, 0.25) is 0 Å². The van der Waals surface area contributed by atoms with E-state index in [1.807, 2.05) is 31.2 Å². The zero-order valence-corrected chi connectivity index (χ0v) is 11.4. The van der Waals surface area contributed by atoms with Crippen molar-refractivity contribution in [2.75, 3.05) is 5.43 Å². The van der Waals surface area contributed by atoms with Gasteiger partial charge in [0.15, 0.2) is 5.78 Å². The molecule has 0 spiro atoms. The first-order valence-electron chi connectivity index (χ1n) is 6.33. The summed E-state index contributed by atoms with van der Waals surface area (Å²) in [6.45, 7) is 3.32. The second-order valence-electron chi connectivity index (χ2n) is 4.61. The number of ether oxygens (including phenoxy) is 1. The van der Waals surface area contributed by atoms with Gasteiger partial charge in [-0.05, 0) is 31.2 Å². The number of hydrogen-bond acceptors (Lipinski definition) is 5. The van der Waals surface area contributed by atoms with E-state index in [0.29, 0.717) is 5.71 Å². The number of carbonyl (C=O) groups excluding carboxylic acids is 2. The number of anilines is 1. The highest BCUT2D eigenvalue weighted by molar-refractivity contribution is 6.45. The normalized spacial score (nSPS) is 20.0. The second kappa shape index (κ2) is 6.14. The number of allylic oxidation sites excluding steroid dienone is 1.